The van der Waals surface area contributed by atoms with Crippen LogP contribution in [0.2, 0.25) is 0 Å². The zero-order valence-electron chi connectivity index (χ0n) is 21.5. The number of hydrogen-bond acceptors (Lipinski definition) is 6. The van der Waals surface area contributed by atoms with Crippen LogP contribution >= 0.6 is 11.3 Å². The topological polar surface area (TPSA) is 80.9 Å². The summed E-state index contributed by atoms with van der Waals surface area (Å²) in [6.07, 6.45) is 4.37. The number of ether oxygens (including phenoxy) is 1. The summed E-state index contributed by atoms with van der Waals surface area (Å²) in [5, 5.41) is 13.1. The van der Waals surface area contributed by atoms with E-state index in [1.165, 1.54) is 20.8 Å². The smallest absolute Gasteiger partial charge is 0.341 e. The van der Waals surface area contributed by atoms with Crippen molar-refractivity contribution in [1.29, 1.82) is 0 Å². The number of rotatable bonds is 5. The number of thiophene rings is 1. The SMILES string of the molecule is CCOC(=O)c1c(N=Cc2c(O)n(-c3ccc(C)c(C)c3)c(=O)c3ccccc23)sc2c1C[C@H](C)CC2. The third-order valence-electron chi connectivity index (χ3n) is 7.13. The Morgan fingerprint density at radius 3 is 2.68 bits per heavy atom. The Kier molecular flexibility index (Phi) is 6.73. The highest BCUT2D eigenvalue weighted by Gasteiger charge is 2.28. The van der Waals surface area contributed by atoms with Gasteiger partial charge in [-0.2, -0.15) is 0 Å². The summed E-state index contributed by atoms with van der Waals surface area (Å²) in [7, 11) is 0. The predicted molar refractivity (Wildman–Crippen MR) is 149 cm³/mol. The first-order chi connectivity index (χ1) is 17.8. The maximum Gasteiger partial charge on any atom is 0.341 e. The van der Waals surface area contributed by atoms with E-state index in [2.05, 4.69) is 6.92 Å². The first-order valence-corrected chi connectivity index (χ1v) is 13.4. The molecule has 0 aliphatic heterocycles. The fraction of sp³-hybridized carbons (Fsp3) is 0.300. The quantitative estimate of drug-likeness (QED) is 0.246. The molecule has 1 N–H and O–H groups in total. The van der Waals surface area contributed by atoms with Gasteiger partial charge in [-0.3, -0.25) is 4.79 Å². The van der Waals surface area contributed by atoms with Gasteiger partial charge in [-0.05, 0) is 80.8 Å². The molecule has 0 fully saturated rings. The molecule has 0 saturated heterocycles. The van der Waals surface area contributed by atoms with E-state index in [-0.39, 0.29) is 24.0 Å². The van der Waals surface area contributed by atoms with Gasteiger partial charge >= 0.3 is 5.97 Å². The molecule has 6 nitrogen and oxygen atoms in total. The summed E-state index contributed by atoms with van der Waals surface area (Å²) >= 11 is 1.51. The van der Waals surface area contributed by atoms with Crippen LogP contribution in [0.15, 0.2) is 52.3 Å². The van der Waals surface area contributed by atoms with Gasteiger partial charge in [0.25, 0.3) is 5.56 Å². The second kappa shape index (κ2) is 9.98. The molecule has 0 unspecified atom stereocenters. The number of hydrogen-bond donors (Lipinski definition) is 1. The van der Waals surface area contributed by atoms with E-state index >= 15 is 0 Å². The van der Waals surface area contributed by atoms with Crippen molar-refractivity contribution in [2.24, 2.45) is 10.9 Å². The minimum Gasteiger partial charge on any atom is -0.494 e. The lowest BCUT2D eigenvalue weighted by Crippen LogP contribution is -2.20. The van der Waals surface area contributed by atoms with Gasteiger partial charge in [-0.25, -0.2) is 14.4 Å². The lowest BCUT2D eigenvalue weighted by Gasteiger charge is -2.18. The Labute approximate surface area is 219 Å². The van der Waals surface area contributed by atoms with Crippen molar-refractivity contribution in [2.45, 2.75) is 47.0 Å². The maximum absolute atomic E-state index is 13.5. The van der Waals surface area contributed by atoms with Crippen molar-refractivity contribution in [2.75, 3.05) is 6.61 Å². The Balaban J connectivity index is 1.70. The number of aryl methyl sites for hydroxylation is 3. The third kappa shape index (κ3) is 4.48. The van der Waals surface area contributed by atoms with Crippen molar-refractivity contribution < 1.29 is 14.6 Å². The molecule has 2 aromatic carbocycles. The van der Waals surface area contributed by atoms with Crippen LogP contribution in [0, 0.1) is 19.8 Å². The summed E-state index contributed by atoms with van der Waals surface area (Å²) in [5.74, 6) is -0.0691. The van der Waals surface area contributed by atoms with Crippen LogP contribution < -0.4 is 5.56 Å². The Morgan fingerprint density at radius 2 is 1.95 bits per heavy atom. The number of aliphatic imine (C=N–C) groups is 1. The molecule has 7 heteroatoms. The van der Waals surface area contributed by atoms with Gasteiger partial charge in [-0.1, -0.05) is 31.2 Å². The molecule has 0 amide bonds. The molecule has 0 saturated carbocycles. The second-order valence-corrected chi connectivity index (χ2v) is 10.8. The average Bonchev–Trinajstić information content (AvgIpc) is 3.23. The lowest BCUT2D eigenvalue weighted by atomic mass is 9.88. The molecule has 1 aliphatic carbocycles. The van der Waals surface area contributed by atoms with Crippen LogP contribution in [0.3, 0.4) is 0 Å². The fourth-order valence-corrected chi connectivity index (χ4v) is 6.14. The molecule has 37 heavy (non-hydrogen) atoms. The van der Waals surface area contributed by atoms with Crippen molar-refractivity contribution >= 4 is 39.3 Å². The van der Waals surface area contributed by atoms with E-state index in [9.17, 15) is 14.7 Å². The van der Waals surface area contributed by atoms with E-state index in [0.29, 0.717) is 38.5 Å². The first-order valence-electron chi connectivity index (χ1n) is 12.6. The summed E-state index contributed by atoms with van der Waals surface area (Å²) in [4.78, 5) is 32.3. The molecule has 5 rings (SSSR count). The van der Waals surface area contributed by atoms with Gasteiger partial charge in [0.1, 0.15) is 5.00 Å². The number of carbonyl (C=O) groups excluding carboxylic acids is 1. The molecule has 1 atom stereocenters. The highest BCUT2D eigenvalue weighted by molar-refractivity contribution is 7.16. The first kappa shape index (κ1) is 25.0. The lowest BCUT2D eigenvalue weighted by molar-refractivity contribution is 0.0526. The van der Waals surface area contributed by atoms with E-state index in [4.69, 9.17) is 9.73 Å². The van der Waals surface area contributed by atoms with Crippen LogP contribution in [0.4, 0.5) is 5.00 Å². The Bertz CT molecular complexity index is 1610. The summed E-state index contributed by atoms with van der Waals surface area (Å²) in [6, 6.07) is 12.8. The average molecular weight is 515 g/mol. The second-order valence-electron chi connectivity index (χ2n) is 9.70. The third-order valence-corrected chi connectivity index (χ3v) is 8.33. The van der Waals surface area contributed by atoms with E-state index in [1.54, 1.807) is 31.3 Å². The van der Waals surface area contributed by atoms with Gasteiger partial charge in [-0.15, -0.1) is 11.3 Å². The highest BCUT2D eigenvalue weighted by Crippen LogP contribution is 2.42. The molecule has 190 valence electrons. The molecule has 2 heterocycles. The molecular weight excluding hydrogens is 484 g/mol. The van der Waals surface area contributed by atoms with Crippen LogP contribution in [0.1, 0.15) is 57.8 Å². The van der Waals surface area contributed by atoms with Gasteiger partial charge < -0.3 is 9.84 Å². The predicted octanol–water partition coefficient (Wildman–Crippen LogP) is 6.43. The number of esters is 1. The number of nitrogens with zero attached hydrogens (tertiary/aromatic N) is 2. The fourth-order valence-electron chi connectivity index (χ4n) is 4.97. The molecule has 0 spiro atoms. The maximum atomic E-state index is 13.5. The minimum atomic E-state index is -0.365. The number of carbonyl (C=O) groups is 1. The molecule has 4 aromatic rings. The standard InChI is InChI=1S/C30H30N2O4S/c1-5-36-30(35)26-23-14-17(2)10-13-25(23)37-27(26)31-16-24-21-8-6-7-9-22(21)28(33)32(29(24)34)20-12-11-18(3)19(4)15-20/h6-9,11-12,15-17,34H,5,10,13-14H2,1-4H3/t17-/m1/s1. The van der Waals surface area contributed by atoms with Crippen molar-refractivity contribution in [3.8, 4) is 11.6 Å². The zero-order valence-corrected chi connectivity index (χ0v) is 22.3. The van der Waals surface area contributed by atoms with Crippen LogP contribution in [0.5, 0.6) is 5.88 Å². The van der Waals surface area contributed by atoms with Crippen molar-refractivity contribution in [3.63, 3.8) is 0 Å². The molecule has 1 aliphatic rings. The van der Waals surface area contributed by atoms with Crippen LogP contribution in [-0.4, -0.2) is 28.5 Å². The summed E-state index contributed by atoms with van der Waals surface area (Å²) in [5.41, 5.74) is 4.37. The monoisotopic (exact) mass is 514 g/mol. The van der Waals surface area contributed by atoms with Crippen LogP contribution in [0.25, 0.3) is 16.5 Å². The number of aromatic nitrogens is 1. The number of pyridine rings is 1. The van der Waals surface area contributed by atoms with E-state index < -0.39 is 0 Å². The molecule has 2 aromatic heterocycles. The van der Waals surface area contributed by atoms with Crippen molar-refractivity contribution in [3.05, 3.63) is 85.5 Å². The normalized spacial score (nSPS) is 15.3. The van der Waals surface area contributed by atoms with E-state index in [0.717, 1.165) is 36.0 Å². The Hall–Kier alpha value is -3.71. The Morgan fingerprint density at radius 1 is 1.19 bits per heavy atom. The molecular formula is C30H30N2O4S. The zero-order chi connectivity index (χ0) is 26.3. The van der Waals surface area contributed by atoms with Gasteiger partial charge in [0.05, 0.1) is 23.4 Å². The number of benzene rings is 2. The number of fused-ring (bicyclic) bond motifs is 2. The van der Waals surface area contributed by atoms with Gasteiger partial charge in [0, 0.05) is 21.9 Å². The van der Waals surface area contributed by atoms with Gasteiger partial charge in [0.15, 0.2) is 0 Å². The summed E-state index contributed by atoms with van der Waals surface area (Å²) < 4.78 is 6.71. The minimum absolute atomic E-state index is 0.191. The largest absolute Gasteiger partial charge is 0.494 e. The van der Waals surface area contributed by atoms with Crippen LogP contribution in [-0.2, 0) is 17.6 Å². The van der Waals surface area contributed by atoms with Crippen molar-refractivity contribution in [1.82, 2.24) is 4.57 Å². The molecule has 0 radical (unpaired) electrons. The number of aromatic hydroxyl groups is 1. The van der Waals surface area contributed by atoms with Gasteiger partial charge in [0.2, 0.25) is 5.88 Å². The molecule has 0 bridgehead atoms. The summed E-state index contributed by atoms with van der Waals surface area (Å²) in [6.45, 7) is 8.25. The van der Waals surface area contributed by atoms with E-state index in [1.807, 2.05) is 38.1 Å². The highest BCUT2D eigenvalue weighted by atomic mass is 32.1.